The SMILES string of the molecule is CC(C)C1(CNc2ccc(Br)cc2N)CC1. The molecule has 0 saturated heterocycles. The van der Waals surface area contributed by atoms with E-state index in [0.29, 0.717) is 5.41 Å². The molecule has 0 aliphatic heterocycles. The molecule has 1 aliphatic carbocycles. The topological polar surface area (TPSA) is 38.0 Å². The van der Waals surface area contributed by atoms with E-state index in [4.69, 9.17) is 5.73 Å². The number of hydrogen-bond donors (Lipinski definition) is 2. The fourth-order valence-electron chi connectivity index (χ4n) is 2.08. The first-order chi connectivity index (χ1) is 7.53. The first-order valence-corrected chi connectivity index (χ1v) is 6.62. The maximum Gasteiger partial charge on any atom is 0.0574 e. The van der Waals surface area contributed by atoms with E-state index in [1.807, 2.05) is 18.2 Å². The predicted molar refractivity (Wildman–Crippen MR) is 73.5 cm³/mol. The number of rotatable bonds is 4. The van der Waals surface area contributed by atoms with Crippen LogP contribution < -0.4 is 11.1 Å². The normalized spacial score (nSPS) is 17.5. The molecule has 1 aliphatic rings. The summed E-state index contributed by atoms with van der Waals surface area (Å²) in [5.41, 5.74) is 8.33. The number of benzene rings is 1. The van der Waals surface area contributed by atoms with E-state index in [9.17, 15) is 0 Å². The highest BCUT2D eigenvalue weighted by atomic mass is 79.9. The molecular formula is C13H19BrN2. The van der Waals surface area contributed by atoms with Crippen molar-refractivity contribution >= 4 is 27.3 Å². The Morgan fingerprint density at radius 2 is 2.12 bits per heavy atom. The predicted octanol–water partition coefficient (Wildman–Crippen LogP) is 3.88. The number of anilines is 2. The molecule has 0 amide bonds. The minimum absolute atomic E-state index is 0.513. The second kappa shape index (κ2) is 4.28. The fourth-order valence-corrected chi connectivity index (χ4v) is 2.46. The molecule has 1 aromatic carbocycles. The Hall–Kier alpha value is -0.700. The monoisotopic (exact) mass is 282 g/mol. The van der Waals surface area contributed by atoms with Crippen molar-refractivity contribution in [2.45, 2.75) is 26.7 Å². The van der Waals surface area contributed by atoms with Crippen LogP contribution in [0.3, 0.4) is 0 Å². The molecule has 0 unspecified atom stereocenters. The molecule has 1 fully saturated rings. The van der Waals surface area contributed by atoms with Gasteiger partial charge in [0.1, 0.15) is 0 Å². The van der Waals surface area contributed by atoms with Crippen LogP contribution in [0, 0.1) is 11.3 Å². The van der Waals surface area contributed by atoms with Gasteiger partial charge >= 0.3 is 0 Å². The second-order valence-electron chi connectivity index (χ2n) is 5.10. The van der Waals surface area contributed by atoms with Gasteiger partial charge in [0.2, 0.25) is 0 Å². The van der Waals surface area contributed by atoms with Crippen molar-refractivity contribution in [1.82, 2.24) is 0 Å². The Morgan fingerprint density at radius 1 is 1.44 bits per heavy atom. The zero-order valence-electron chi connectivity index (χ0n) is 9.89. The molecule has 1 aromatic rings. The molecule has 3 heteroatoms. The van der Waals surface area contributed by atoms with Gasteiger partial charge in [-0.25, -0.2) is 0 Å². The summed E-state index contributed by atoms with van der Waals surface area (Å²) in [5, 5.41) is 3.48. The number of nitrogens with two attached hydrogens (primary N) is 1. The van der Waals surface area contributed by atoms with Gasteiger partial charge in [-0.05, 0) is 42.4 Å². The average molecular weight is 283 g/mol. The fraction of sp³-hybridized carbons (Fsp3) is 0.538. The molecule has 0 atom stereocenters. The lowest BCUT2D eigenvalue weighted by atomic mass is 9.92. The standard InChI is InChI=1S/C13H19BrN2/c1-9(2)13(5-6-13)8-16-12-4-3-10(14)7-11(12)15/h3-4,7,9,16H,5-6,8,15H2,1-2H3. The summed E-state index contributed by atoms with van der Waals surface area (Å²) < 4.78 is 1.03. The Bertz CT molecular complexity index is 384. The summed E-state index contributed by atoms with van der Waals surface area (Å²) in [4.78, 5) is 0. The van der Waals surface area contributed by atoms with Crippen LogP contribution in [0.25, 0.3) is 0 Å². The Balaban J connectivity index is 2.00. The Kier molecular flexibility index (Phi) is 3.15. The van der Waals surface area contributed by atoms with Crippen LogP contribution in [0.2, 0.25) is 0 Å². The number of hydrogen-bond acceptors (Lipinski definition) is 2. The third-order valence-electron chi connectivity index (χ3n) is 3.76. The lowest BCUT2D eigenvalue weighted by Gasteiger charge is -2.21. The highest BCUT2D eigenvalue weighted by molar-refractivity contribution is 9.10. The lowest BCUT2D eigenvalue weighted by molar-refractivity contribution is 0.380. The van der Waals surface area contributed by atoms with Gasteiger partial charge in [0.15, 0.2) is 0 Å². The first-order valence-electron chi connectivity index (χ1n) is 5.82. The summed E-state index contributed by atoms with van der Waals surface area (Å²) >= 11 is 3.41. The largest absolute Gasteiger partial charge is 0.397 e. The Labute approximate surface area is 106 Å². The van der Waals surface area contributed by atoms with Crippen molar-refractivity contribution in [2.24, 2.45) is 11.3 Å². The van der Waals surface area contributed by atoms with Gasteiger partial charge in [-0.1, -0.05) is 29.8 Å². The van der Waals surface area contributed by atoms with Gasteiger partial charge in [-0.2, -0.15) is 0 Å². The molecule has 16 heavy (non-hydrogen) atoms. The molecule has 0 bridgehead atoms. The average Bonchev–Trinajstić information content (AvgIpc) is 2.97. The molecule has 2 nitrogen and oxygen atoms in total. The van der Waals surface area contributed by atoms with Crippen LogP contribution in [-0.4, -0.2) is 6.54 Å². The molecule has 1 saturated carbocycles. The summed E-state index contributed by atoms with van der Waals surface area (Å²) in [6, 6.07) is 6.00. The summed E-state index contributed by atoms with van der Waals surface area (Å²) in [6.07, 6.45) is 2.68. The quantitative estimate of drug-likeness (QED) is 0.823. The van der Waals surface area contributed by atoms with Gasteiger partial charge in [0.05, 0.1) is 11.4 Å². The van der Waals surface area contributed by atoms with Crippen molar-refractivity contribution in [3.05, 3.63) is 22.7 Å². The maximum absolute atomic E-state index is 5.95. The summed E-state index contributed by atoms with van der Waals surface area (Å²) in [7, 11) is 0. The van der Waals surface area contributed by atoms with E-state index in [2.05, 4.69) is 35.1 Å². The molecule has 0 radical (unpaired) electrons. The van der Waals surface area contributed by atoms with E-state index in [1.54, 1.807) is 0 Å². The Morgan fingerprint density at radius 3 is 2.62 bits per heavy atom. The third kappa shape index (κ3) is 2.34. The lowest BCUT2D eigenvalue weighted by Crippen LogP contribution is -2.21. The van der Waals surface area contributed by atoms with Crippen molar-refractivity contribution in [1.29, 1.82) is 0 Å². The number of halogens is 1. The van der Waals surface area contributed by atoms with Gasteiger partial charge in [0.25, 0.3) is 0 Å². The minimum Gasteiger partial charge on any atom is -0.397 e. The van der Waals surface area contributed by atoms with Crippen molar-refractivity contribution in [3.63, 3.8) is 0 Å². The maximum atomic E-state index is 5.95. The molecule has 0 heterocycles. The van der Waals surface area contributed by atoms with Crippen LogP contribution in [0.15, 0.2) is 22.7 Å². The molecule has 2 rings (SSSR count). The van der Waals surface area contributed by atoms with Gasteiger partial charge in [-0.3, -0.25) is 0 Å². The van der Waals surface area contributed by atoms with Crippen LogP contribution in [0.4, 0.5) is 11.4 Å². The van der Waals surface area contributed by atoms with Crippen molar-refractivity contribution < 1.29 is 0 Å². The zero-order chi connectivity index (χ0) is 11.8. The minimum atomic E-state index is 0.513. The smallest absolute Gasteiger partial charge is 0.0574 e. The second-order valence-corrected chi connectivity index (χ2v) is 6.02. The molecule has 3 N–H and O–H groups in total. The number of nitrogen functional groups attached to an aromatic ring is 1. The number of nitrogens with one attached hydrogen (secondary N) is 1. The summed E-state index contributed by atoms with van der Waals surface area (Å²) in [6.45, 7) is 5.65. The van der Waals surface area contributed by atoms with Gasteiger partial charge < -0.3 is 11.1 Å². The molecule has 0 aromatic heterocycles. The third-order valence-corrected chi connectivity index (χ3v) is 4.25. The van der Waals surface area contributed by atoms with Crippen molar-refractivity contribution in [3.8, 4) is 0 Å². The van der Waals surface area contributed by atoms with Crippen LogP contribution in [0.5, 0.6) is 0 Å². The van der Waals surface area contributed by atoms with E-state index in [1.165, 1.54) is 12.8 Å². The summed E-state index contributed by atoms with van der Waals surface area (Å²) in [5.74, 6) is 0.747. The highest BCUT2D eigenvalue weighted by Crippen LogP contribution is 2.51. The van der Waals surface area contributed by atoms with Gasteiger partial charge in [-0.15, -0.1) is 0 Å². The van der Waals surface area contributed by atoms with E-state index in [0.717, 1.165) is 28.3 Å². The highest BCUT2D eigenvalue weighted by Gasteiger charge is 2.44. The van der Waals surface area contributed by atoms with E-state index in [-0.39, 0.29) is 0 Å². The van der Waals surface area contributed by atoms with E-state index < -0.39 is 0 Å². The molecule has 88 valence electrons. The van der Waals surface area contributed by atoms with Crippen molar-refractivity contribution in [2.75, 3.05) is 17.6 Å². The zero-order valence-corrected chi connectivity index (χ0v) is 11.5. The van der Waals surface area contributed by atoms with Crippen LogP contribution in [0.1, 0.15) is 26.7 Å². The van der Waals surface area contributed by atoms with Gasteiger partial charge in [0, 0.05) is 11.0 Å². The van der Waals surface area contributed by atoms with Crippen LogP contribution >= 0.6 is 15.9 Å². The van der Waals surface area contributed by atoms with Crippen LogP contribution in [-0.2, 0) is 0 Å². The molecule has 0 spiro atoms. The molecular weight excluding hydrogens is 264 g/mol. The first kappa shape index (κ1) is 11.8. The van der Waals surface area contributed by atoms with E-state index >= 15 is 0 Å².